The van der Waals surface area contributed by atoms with Crippen LogP contribution in [0.5, 0.6) is 0 Å². The molecule has 0 bridgehead atoms. The van der Waals surface area contributed by atoms with Gasteiger partial charge in [0.25, 0.3) is 35.4 Å². The normalized spacial score (nSPS) is 22.2. The number of fused-ring (bicyclic) bond motifs is 12. The first-order valence-corrected chi connectivity index (χ1v) is 41.3. The van der Waals surface area contributed by atoms with Gasteiger partial charge in [0.05, 0.1) is 6.04 Å². The number of hydrogen-bond acceptors (Lipinski definition) is 25. The van der Waals surface area contributed by atoms with Gasteiger partial charge in [0.2, 0.25) is 25.9 Å². The number of amides is 7. The first-order chi connectivity index (χ1) is 56.8. The molecule has 117 heavy (non-hydrogen) atoms. The van der Waals surface area contributed by atoms with Gasteiger partial charge in [0.15, 0.2) is 0 Å². The number of likely N-dealkylation sites (N-methyl/N-ethyl adjacent to an activating group) is 4. The number of aromatic carboxylic acids is 1. The van der Waals surface area contributed by atoms with E-state index in [1.807, 2.05) is 164 Å². The zero-order valence-corrected chi connectivity index (χ0v) is 66.9. The molecule has 12 atom stereocenters. The minimum atomic E-state index is -1.02. The van der Waals surface area contributed by atoms with E-state index in [2.05, 4.69) is 82.7 Å². The number of carboxylic acid groups (broad SMARTS) is 1. The highest BCUT2D eigenvalue weighted by molar-refractivity contribution is 7.14. The van der Waals surface area contributed by atoms with Crippen LogP contribution in [0.1, 0.15) is 153 Å². The minimum absolute atomic E-state index is 0.0139. The Morgan fingerprint density at radius 2 is 0.598 bits per heavy atom. The monoisotopic (exact) mass is 1640 g/mol. The summed E-state index contributed by atoms with van der Waals surface area (Å²) in [6.45, 7) is 0. The number of hydrogen-bond donors (Lipinski definition) is 5. The van der Waals surface area contributed by atoms with Crippen LogP contribution >= 0.6 is 45.3 Å². The van der Waals surface area contributed by atoms with E-state index in [1.165, 1.54) is 39.6 Å². The van der Waals surface area contributed by atoms with Crippen LogP contribution in [-0.2, 0) is 44.9 Å². The van der Waals surface area contributed by atoms with Crippen LogP contribution in [0.25, 0.3) is 0 Å². The zero-order chi connectivity index (χ0) is 81.1. The Morgan fingerprint density at radius 3 is 0.872 bits per heavy atom. The minimum Gasteiger partial charge on any atom is -0.476 e. The Hall–Kier alpha value is -12.6. The highest BCUT2D eigenvalue weighted by atomic mass is 32.1. The highest BCUT2D eigenvalue weighted by Gasteiger charge is 2.56. The van der Waals surface area contributed by atoms with E-state index in [-0.39, 0.29) is 103 Å². The van der Waals surface area contributed by atoms with Gasteiger partial charge < -0.3 is 26.8 Å². The number of pyridine rings is 4. The lowest BCUT2D eigenvalue weighted by Crippen LogP contribution is -2.48. The number of carboxylic acids is 1. The van der Waals surface area contributed by atoms with Crippen molar-refractivity contribution in [3.63, 3.8) is 0 Å². The summed E-state index contributed by atoms with van der Waals surface area (Å²) in [5, 5.41) is 53.3. The summed E-state index contributed by atoms with van der Waals surface area (Å²) in [5.41, 5.74) is 14.8. The van der Waals surface area contributed by atoms with Crippen LogP contribution in [0.2, 0.25) is 0 Å². The quantitative estimate of drug-likeness (QED) is 0.0637. The largest absolute Gasteiger partial charge is 0.476 e. The molecule has 6 N–H and O–H groups in total. The van der Waals surface area contributed by atoms with Crippen molar-refractivity contribution < 1.29 is 43.5 Å². The molecular weight excluding hydrogens is 1560 g/mol. The average molecular weight is 1640 g/mol. The molecule has 4 fully saturated rings. The first kappa shape index (κ1) is 78.3. The molecular formula is C84H78N20O9S4. The van der Waals surface area contributed by atoms with Crippen LogP contribution in [0.4, 0.5) is 23.3 Å². The van der Waals surface area contributed by atoms with E-state index in [9.17, 15) is 38.4 Å². The third-order valence-electron chi connectivity index (χ3n) is 21.9. The molecule has 20 rings (SSSR count). The lowest BCUT2D eigenvalue weighted by atomic mass is 10.1. The molecule has 12 aromatic rings. The molecule has 7 amide bonds. The Bertz CT molecular complexity index is 5290. The number of carbonyl (C=O) groups excluding carboxylic acids is 7. The van der Waals surface area contributed by atoms with Crippen LogP contribution in [-0.4, -0.2) is 166 Å². The van der Waals surface area contributed by atoms with Gasteiger partial charge in [-0.25, -0.2) is 24.7 Å². The first-order valence-electron chi connectivity index (χ1n) is 38.1. The molecule has 0 radical (unpaired) electrons. The number of benzene rings is 4. The van der Waals surface area contributed by atoms with Crippen molar-refractivity contribution in [2.45, 2.75) is 99.2 Å². The lowest BCUT2D eigenvalue weighted by Gasteiger charge is -2.22. The van der Waals surface area contributed by atoms with Gasteiger partial charge in [-0.3, -0.25) is 53.2 Å². The Labute approximate surface area is 687 Å². The Balaban J connectivity index is 0.000000112. The van der Waals surface area contributed by atoms with Crippen molar-refractivity contribution >= 4 is 116 Å². The van der Waals surface area contributed by atoms with Gasteiger partial charge in [-0.05, 0) is 142 Å². The molecule has 1 unspecified atom stereocenters. The van der Waals surface area contributed by atoms with Crippen LogP contribution in [0.15, 0.2) is 195 Å². The fourth-order valence-electron chi connectivity index (χ4n) is 15.6. The van der Waals surface area contributed by atoms with Crippen LogP contribution in [0.3, 0.4) is 0 Å². The van der Waals surface area contributed by atoms with Gasteiger partial charge in [0.1, 0.15) is 61.4 Å². The van der Waals surface area contributed by atoms with Gasteiger partial charge in [-0.1, -0.05) is 191 Å². The number of rotatable bonds is 15. The molecule has 4 aliphatic carbocycles. The molecule has 8 aromatic heterocycles. The van der Waals surface area contributed by atoms with E-state index >= 15 is 0 Å². The fourth-order valence-corrected chi connectivity index (χ4v) is 18.6. The summed E-state index contributed by atoms with van der Waals surface area (Å²) in [6, 6.07) is 53.2. The van der Waals surface area contributed by atoms with Crippen molar-refractivity contribution in [1.82, 2.24) is 76.7 Å². The second-order valence-electron chi connectivity index (χ2n) is 29.6. The molecule has 592 valence electrons. The van der Waals surface area contributed by atoms with E-state index in [0.717, 1.165) is 102 Å². The van der Waals surface area contributed by atoms with Gasteiger partial charge >= 0.3 is 5.97 Å². The van der Waals surface area contributed by atoms with Gasteiger partial charge in [-0.2, -0.15) is 0 Å². The number of nitrogens with zero attached hydrogens (tertiary/aromatic N) is 16. The molecule has 4 aromatic carbocycles. The van der Waals surface area contributed by atoms with E-state index in [1.54, 1.807) is 72.6 Å². The molecule has 4 saturated carbocycles. The third-order valence-corrected chi connectivity index (χ3v) is 25.6. The fraction of sp³-hybridized carbons (Fsp3) is 0.286. The highest BCUT2D eigenvalue weighted by Crippen LogP contribution is 2.57. The number of nitrogens with one attached hydrogen (secondary N) is 3. The zero-order valence-electron chi connectivity index (χ0n) is 63.6. The van der Waals surface area contributed by atoms with Gasteiger partial charge in [-0.15, -0.1) is 40.8 Å². The third kappa shape index (κ3) is 17.4. The molecule has 29 nitrogen and oxygen atoms in total. The summed E-state index contributed by atoms with van der Waals surface area (Å²) in [5.74, 6) is 2.12. The van der Waals surface area contributed by atoms with Crippen molar-refractivity contribution in [2.24, 2.45) is 29.4 Å². The van der Waals surface area contributed by atoms with Crippen LogP contribution in [0, 0.1) is 23.7 Å². The Morgan fingerprint density at radius 1 is 0.350 bits per heavy atom. The second kappa shape index (κ2) is 34.1. The summed E-state index contributed by atoms with van der Waals surface area (Å²) < 4.78 is 0. The summed E-state index contributed by atoms with van der Waals surface area (Å²) >= 11 is 4.90. The van der Waals surface area contributed by atoms with Crippen molar-refractivity contribution in [2.75, 3.05) is 47.8 Å². The second-order valence-corrected chi connectivity index (χ2v) is 33.9. The standard InChI is InChI=1S/3C21H19N5O2S.C11H13N3O.C10H8N2O2S/c3*1-26-18-13(8-5-9-22-18)14-11-15(14)17(21(26)28)23-19(27)20-25-24-16(29-20)10-12-6-3-2-4-7-12;1-14-10-6(3-2-4-13-10)7-5-8(7)9(12)11(14)15;13-10(14)9-12-11-8(15-9)6-7-4-2-1-3-5-7/h3*2-9,14-15,17H,10-11H2,1H3,(H,23,27);2-4,7-9H,5,12H2,1H3;1-5H,6H2,(H,13,14)/t3*14-,15-,17-;7-,8?,9-;/m1000./s1. The van der Waals surface area contributed by atoms with Crippen molar-refractivity contribution in [1.29, 1.82) is 0 Å². The number of nitrogens with two attached hydrogens (primary N) is 1. The summed E-state index contributed by atoms with van der Waals surface area (Å²) in [7, 11) is 6.88. The van der Waals surface area contributed by atoms with Crippen molar-refractivity contribution in [3.8, 4) is 0 Å². The molecule has 0 spiro atoms. The predicted octanol–water partition coefficient (Wildman–Crippen LogP) is 9.52. The number of anilines is 4. The van der Waals surface area contributed by atoms with Gasteiger partial charge in [0, 0.05) is 78.7 Å². The number of carbonyl (C=O) groups is 8. The Kier molecular flexibility index (Phi) is 22.8. The molecule has 4 aliphatic heterocycles. The maximum absolute atomic E-state index is 13.0. The van der Waals surface area contributed by atoms with E-state index in [4.69, 9.17) is 10.8 Å². The molecule has 0 saturated heterocycles. The molecule has 8 aliphatic rings. The topological polar surface area (TPSA) is 387 Å². The maximum atomic E-state index is 13.0. The maximum Gasteiger partial charge on any atom is 0.367 e. The average Bonchev–Trinajstić information content (AvgIpc) is 1.61. The van der Waals surface area contributed by atoms with E-state index < -0.39 is 24.1 Å². The number of aromatic nitrogens is 12. The molecule has 12 heterocycles. The van der Waals surface area contributed by atoms with Crippen molar-refractivity contribution in [3.05, 3.63) is 279 Å². The summed E-state index contributed by atoms with van der Waals surface area (Å²) in [4.78, 5) is 123. The SMILES string of the molecule is CN1C(=O)[C@@H](N)C2C[C@H]2c2cccnc21.CN1C(=O)[C@@H](NC(=O)c2nnc(Cc3ccccc3)s2)[C@H]2C[C@H]2c2cccnc21.CN1C(=O)[C@@H](NC(=O)c2nnc(Cc3ccccc3)s2)[C@H]2C[C@H]2c2cccnc21.CN1C(=O)[C@H](NC(=O)c2nnc(Cc3ccccc3)s2)[C@@H]2C[C@@H]2c2cccnc21.O=C(O)c1nnc(Cc2ccccc2)s1. The summed E-state index contributed by atoms with van der Waals surface area (Å²) in [6.07, 6.45) is 12.9. The smallest absolute Gasteiger partial charge is 0.367 e. The molecule has 33 heteroatoms. The lowest BCUT2D eigenvalue weighted by molar-refractivity contribution is -0.121. The predicted molar refractivity (Wildman–Crippen MR) is 439 cm³/mol. The van der Waals surface area contributed by atoms with E-state index in [0.29, 0.717) is 55.0 Å². The van der Waals surface area contributed by atoms with Crippen LogP contribution < -0.4 is 41.3 Å².